The summed E-state index contributed by atoms with van der Waals surface area (Å²) in [5, 5.41) is 5.50. The summed E-state index contributed by atoms with van der Waals surface area (Å²) in [6.45, 7) is 4.19. The van der Waals surface area contributed by atoms with Crippen LogP contribution in [0, 0.1) is 6.92 Å². The first-order valence-electron chi connectivity index (χ1n) is 7.67. The van der Waals surface area contributed by atoms with Crippen molar-refractivity contribution in [1.82, 2.24) is 19.6 Å². The maximum atomic E-state index is 6.05. The van der Waals surface area contributed by atoms with Gasteiger partial charge in [0.15, 0.2) is 11.5 Å². The van der Waals surface area contributed by atoms with Gasteiger partial charge in [0, 0.05) is 10.9 Å². The Morgan fingerprint density at radius 3 is 2.57 bits per heavy atom. The Kier molecular flexibility index (Phi) is 3.01. The standard InChI is InChI=1S/C18H17N5/c1-3-12-5-7-13(8-6-12)16-21-17-14-10-11(2)4-9-15(14)20-18(19)23(17)22-16/h4-10H,3H2,1-2H3,(H2,19,20). The third kappa shape index (κ3) is 2.21. The van der Waals surface area contributed by atoms with E-state index in [2.05, 4.69) is 35.2 Å². The van der Waals surface area contributed by atoms with E-state index >= 15 is 0 Å². The van der Waals surface area contributed by atoms with E-state index in [9.17, 15) is 0 Å². The molecule has 2 N–H and O–H groups in total. The van der Waals surface area contributed by atoms with Crippen LogP contribution >= 0.6 is 0 Å². The molecule has 0 amide bonds. The minimum atomic E-state index is 0.347. The van der Waals surface area contributed by atoms with E-state index < -0.39 is 0 Å². The van der Waals surface area contributed by atoms with Gasteiger partial charge in [-0.3, -0.25) is 0 Å². The highest BCUT2D eigenvalue weighted by Crippen LogP contribution is 2.24. The van der Waals surface area contributed by atoms with Crippen LogP contribution in [0.2, 0.25) is 0 Å². The third-order valence-electron chi connectivity index (χ3n) is 4.07. The van der Waals surface area contributed by atoms with E-state index in [1.54, 1.807) is 4.52 Å². The van der Waals surface area contributed by atoms with Gasteiger partial charge in [-0.15, -0.1) is 5.10 Å². The first kappa shape index (κ1) is 13.7. The Bertz CT molecular complexity index is 1020. The lowest BCUT2D eigenvalue weighted by Crippen LogP contribution is -2.02. The van der Waals surface area contributed by atoms with Gasteiger partial charge < -0.3 is 5.73 Å². The molecule has 2 aromatic carbocycles. The molecule has 0 spiro atoms. The SMILES string of the molecule is CCc1ccc(-c2nc3c4cc(C)ccc4nc(N)n3n2)cc1. The van der Waals surface area contributed by atoms with Crippen molar-refractivity contribution in [2.45, 2.75) is 20.3 Å². The van der Waals surface area contributed by atoms with E-state index in [0.29, 0.717) is 11.8 Å². The normalized spacial score (nSPS) is 11.4. The molecule has 0 saturated carbocycles. The Balaban J connectivity index is 1.97. The summed E-state index contributed by atoms with van der Waals surface area (Å²) in [4.78, 5) is 9.12. The summed E-state index contributed by atoms with van der Waals surface area (Å²) >= 11 is 0. The van der Waals surface area contributed by atoms with Crippen LogP contribution in [0.1, 0.15) is 18.1 Å². The number of hydrogen-bond donors (Lipinski definition) is 1. The molecular formula is C18H17N5. The summed E-state index contributed by atoms with van der Waals surface area (Å²) in [5.41, 5.74) is 11.0. The van der Waals surface area contributed by atoms with Gasteiger partial charge >= 0.3 is 0 Å². The van der Waals surface area contributed by atoms with Crippen molar-refractivity contribution in [3.05, 3.63) is 53.6 Å². The van der Waals surface area contributed by atoms with Crippen LogP contribution < -0.4 is 5.73 Å². The predicted molar refractivity (Wildman–Crippen MR) is 92.3 cm³/mol. The lowest BCUT2D eigenvalue weighted by atomic mass is 10.1. The second-order valence-corrected chi connectivity index (χ2v) is 5.71. The molecule has 4 rings (SSSR count). The lowest BCUT2D eigenvalue weighted by molar-refractivity contribution is 0.954. The van der Waals surface area contributed by atoms with Crippen molar-refractivity contribution < 1.29 is 0 Å². The number of fused-ring (bicyclic) bond motifs is 3. The number of nitrogens with zero attached hydrogens (tertiary/aromatic N) is 4. The first-order chi connectivity index (χ1) is 11.2. The van der Waals surface area contributed by atoms with Gasteiger partial charge in [-0.25, -0.2) is 9.97 Å². The number of nitrogen functional groups attached to an aromatic ring is 1. The fourth-order valence-electron chi connectivity index (χ4n) is 2.76. The molecule has 2 heterocycles. The minimum Gasteiger partial charge on any atom is -0.368 e. The van der Waals surface area contributed by atoms with Gasteiger partial charge in [-0.1, -0.05) is 42.8 Å². The largest absolute Gasteiger partial charge is 0.368 e. The highest BCUT2D eigenvalue weighted by atomic mass is 15.3. The Morgan fingerprint density at radius 1 is 1.04 bits per heavy atom. The molecule has 0 aliphatic rings. The molecule has 0 bridgehead atoms. The topological polar surface area (TPSA) is 69.1 Å². The highest BCUT2D eigenvalue weighted by Gasteiger charge is 2.13. The molecule has 0 fully saturated rings. The highest BCUT2D eigenvalue weighted by molar-refractivity contribution is 5.93. The maximum absolute atomic E-state index is 6.05. The van der Waals surface area contributed by atoms with Crippen LogP contribution in [-0.4, -0.2) is 19.6 Å². The van der Waals surface area contributed by atoms with Gasteiger partial charge in [0.25, 0.3) is 0 Å². The number of aromatic nitrogens is 4. The number of rotatable bonds is 2. The third-order valence-corrected chi connectivity index (χ3v) is 4.07. The van der Waals surface area contributed by atoms with Crippen LogP contribution in [0.25, 0.3) is 27.9 Å². The van der Waals surface area contributed by atoms with E-state index in [4.69, 9.17) is 10.7 Å². The van der Waals surface area contributed by atoms with Crippen LogP contribution in [-0.2, 0) is 6.42 Å². The van der Waals surface area contributed by atoms with Crippen LogP contribution in [0.5, 0.6) is 0 Å². The van der Waals surface area contributed by atoms with Crippen molar-refractivity contribution in [2.75, 3.05) is 5.73 Å². The zero-order valence-corrected chi connectivity index (χ0v) is 13.1. The predicted octanol–water partition coefficient (Wildman–Crippen LogP) is 3.40. The molecular weight excluding hydrogens is 286 g/mol. The van der Waals surface area contributed by atoms with Crippen LogP contribution in [0.4, 0.5) is 5.95 Å². The maximum Gasteiger partial charge on any atom is 0.223 e. The molecule has 0 saturated heterocycles. The van der Waals surface area contributed by atoms with Gasteiger partial charge in [-0.2, -0.15) is 4.52 Å². The Hall–Kier alpha value is -2.95. The van der Waals surface area contributed by atoms with E-state index in [1.807, 2.05) is 31.2 Å². The summed E-state index contributed by atoms with van der Waals surface area (Å²) in [5.74, 6) is 1.01. The smallest absolute Gasteiger partial charge is 0.223 e. The van der Waals surface area contributed by atoms with Crippen molar-refractivity contribution >= 4 is 22.5 Å². The summed E-state index contributed by atoms with van der Waals surface area (Å²) in [6.07, 6.45) is 1.01. The molecule has 114 valence electrons. The molecule has 0 aliphatic heterocycles. The number of nitrogens with two attached hydrogens (primary N) is 1. The summed E-state index contributed by atoms with van der Waals surface area (Å²) in [7, 11) is 0. The zero-order chi connectivity index (χ0) is 16.0. The minimum absolute atomic E-state index is 0.347. The number of benzene rings is 2. The molecule has 5 nitrogen and oxygen atoms in total. The molecule has 0 radical (unpaired) electrons. The van der Waals surface area contributed by atoms with Crippen molar-refractivity contribution in [3.8, 4) is 11.4 Å². The van der Waals surface area contributed by atoms with E-state index in [1.165, 1.54) is 5.56 Å². The van der Waals surface area contributed by atoms with Gasteiger partial charge in [0.1, 0.15) is 0 Å². The first-order valence-corrected chi connectivity index (χ1v) is 7.67. The van der Waals surface area contributed by atoms with Gasteiger partial charge in [0.2, 0.25) is 5.95 Å². The van der Waals surface area contributed by atoms with Crippen LogP contribution in [0.15, 0.2) is 42.5 Å². The molecule has 0 aliphatic carbocycles. The van der Waals surface area contributed by atoms with Gasteiger partial charge in [0.05, 0.1) is 5.52 Å². The lowest BCUT2D eigenvalue weighted by Gasteiger charge is -2.02. The van der Waals surface area contributed by atoms with E-state index in [-0.39, 0.29) is 0 Å². The van der Waals surface area contributed by atoms with Crippen LogP contribution in [0.3, 0.4) is 0 Å². The quantitative estimate of drug-likeness (QED) is 0.616. The molecule has 4 aromatic rings. The summed E-state index contributed by atoms with van der Waals surface area (Å²) < 4.78 is 1.62. The second kappa shape index (κ2) is 5.05. The number of anilines is 1. The fraction of sp³-hybridized carbons (Fsp3) is 0.167. The molecule has 23 heavy (non-hydrogen) atoms. The molecule has 5 heteroatoms. The monoisotopic (exact) mass is 303 g/mol. The molecule has 2 aromatic heterocycles. The van der Waals surface area contributed by atoms with Crippen molar-refractivity contribution in [2.24, 2.45) is 0 Å². The number of hydrogen-bond acceptors (Lipinski definition) is 4. The fourth-order valence-corrected chi connectivity index (χ4v) is 2.76. The Labute approximate surface area is 133 Å². The average molecular weight is 303 g/mol. The second-order valence-electron chi connectivity index (χ2n) is 5.71. The average Bonchev–Trinajstić information content (AvgIpc) is 3.02. The number of aryl methyl sites for hydroxylation is 2. The van der Waals surface area contributed by atoms with E-state index in [0.717, 1.165) is 34.1 Å². The summed E-state index contributed by atoms with van der Waals surface area (Å²) in [6, 6.07) is 14.3. The molecule has 0 unspecified atom stereocenters. The van der Waals surface area contributed by atoms with Gasteiger partial charge in [-0.05, 0) is 31.0 Å². The zero-order valence-electron chi connectivity index (χ0n) is 13.1. The van der Waals surface area contributed by atoms with Crippen molar-refractivity contribution in [1.29, 1.82) is 0 Å². The van der Waals surface area contributed by atoms with Crippen molar-refractivity contribution in [3.63, 3.8) is 0 Å². The molecule has 0 atom stereocenters. The Morgan fingerprint density at radius 2 is 1.83 bits per heavy atom.